The number of aliphatic hydroxyl groups excluding tert-OH is 1. The van der Waals surface area contributed by atoms with E-state index >= 15 is 0 Å². The van der Waals surface area contributed by atoms with Crippen LogP contribution in [-0.2, 0) is 4.79 Å². The normalized spacial score (nSPS) is 18.6. The van der Waals surface area contributed by atoms with Gasteiger partial charge in [-0.3, -0.25) is 4.79 Å². The Bertz CT molecular complexity index is 560. The van der Waals surface area contributed by atoms with Crippen molar-refractivity contribution in [2.45, 2.75) is 32.3 Å². The first-order valence-electron chi connectivity index (χ1n) is 7.55. The lowest BCUT2D eigenvalue weighted by molar-refractivity contribution is -0.147. The van der Waals surface area contributed by atoms with Gasteiger partial charge in [-0.2, -0.15) is 5.26 Å². The van der Waals surface area contributed by atoms with Crippen molar-refractivity contribution in [2.24, 2.45) is 5.92 Å². The molecular weight excluding hydrogens is 280 g/mol. The molecule has 1 aliphatic heterocycles. The minimum absolute atomic E-state index is 0.0741. The predicted octanol–water partition coefficient (Wildman–Crippen LogP) is 1.95. The summed E-state index contributed by atoms with van der Waals surface area (Å²) in [7, 11) is 0. The summed E-state index contributed by atoms with van der Waals surface area (Å²) in [5, 5.41) is 18.1. The molecule has 5 nitrogen and oxygen atoms in total. The number of ether oxygens (including phenoxy) is 1. The summed E-state index contributed by atoms with van der Waals surface area (Å²) >= 11 is 0. The van der Waals surface area contributed by atoms with Gasteiger partial charge < -0.3 is 14.7 Å². The molecule has 22 heavy (non-hydrogen) atoms. The van der Waals surface area contributed by atoms with Gasteiger partial charge in [0.1, 0.15) is 5.75 Å². The number of hydrogen-bond donors (Lipinski definition) is 1. The van der Waals surface area contributed by atoms with Crippen LogP contribution in [-0.4, -0.2) is 41.2 Å². The lowest BCUT2D eigenvalue weighted by atomic mass is 9.97. The molecule has 1 aromatic carbocycles. The zero-order valence-corrected chi connectivity index (χ0v) is 13.1. The van der Waals surface area contributed by atoms with E-state index in [1.54, 1.807) is 43.0 Å². The monoisotopic (exact) mass is 302 g/mol. The maximum Gasteiger partial charge on any atom is 0.266 e. The Balaban J connectivity index is 2.04. The number of nitrogens with zero attached hydrogens (tertiary/aromatic N) is 2. The Hall–Kier alpha value is -2.06. The smallest absolute Gasteiger partial charge is 0.266 e. The van der Waals surface area contributed by atoms with Gasteiger partial charge in [0.05, 0.1) is 11.6 Å². The zero-order chi connectivity index (χ0) is 16.2. The van der Waals surface area contributed by atoms with E-state index in [0.29, 0.717) is 24.4 Å². The van der Waals surface area contributed by atoms with Gasteiger partial charge in [0, 0.05) is 19.7 Å². The third-order valence-corrected chi connectivity index (χ3v) is 3.94. The number of amides is 1. The van der Waals surface area contributed by atoms with Crippen LogP contribution in [0.5, 0.6) is 5.75 Å². The number of benzene rings is 1. The van der Waals surface area contributed by atoms with Gasteiger partial charge in [0.15, 0.2) is 5.60 Å². The Morgan fingerprint density at radius 1 is 1.45 bits per heavy atom. The molecule has 5 heteroatoms. The summed E-state index contributed by atoms with van der Waals surface area (Å²) in [4.78, 5) is 14.4. The number of likely N-dealkylation sites (tertiary alicyclic amines) is 1. The molecule has 118 valence electrons. The molecule has 1 saturated heterocycles. The number of rotatable bonds is 4. The van der Waals surface area contributed by atoms with Crippen molar-refractivity contribution in [3.05, 3.63) is 29.8 Å². The SMILES string of the molecule is CC(C)(Oc1ccc(C#N)cc1)C(=O)N1CCCC(CO)C1. The second kappa shape index (κ2) is 6.80. The fraction of sp³-hybridized carbons (Fsp3) is 0.529. The maximum atomic E-state index is 12.7. The summed E-state index contributed by atoms with van der Waals surface area (Å²) in [6.07, 6.45) is 1.86. The zero-order valence-electron chi connectivity index (χ0n) is 13.1. The summed E-state index contributed by atoms with van der Waals surface area (Å²) in [5.41, 5.74) is -0.427. The number of carbonyl (C=O) groups excluding carboxylic acids is 1. The molecule has 1 N–H and O–H groups in total. The number of piperidine rings is 1. The Kier molecular flexibility index (Phi) is 5.04. The van der Waals surface area contributed by atoms with Gasteiger partial charge in [-0.25, -0.2) is 0 Å². The molecule has 0 spiro atoms. The first-order valence-corrected chi connectivity index (χ1v) is 7.55. The third-order valence-electron chi connectivity index (χ3n) is 3.94. The van der Waals surface area contributed by atoms with Gasteiger partial charge in [-0.15, -0.1) is 0 Å². The maximum absolute atomic E-state index is 12.7. The van der Waals surface area contributed by atoms with E-state index in [-0.39, 0.29) is 18.4 Å². The van der Waals surface area contributed by atoms with Crippen molar-refractivity contribution >= 4 is 5.91 Å². The summed E-state index contributed by atoms with van der Waals surface area (Å²) in [6, 6.07) is 8.77. The number of carbonyl (C=O) groups is 1. The summed E-state index contributed by atoms with van der Waals surface area (Å²) in [5.74, 6) is 0.645. The van der Waals surface area contributed by atoms with Crippen molar-refractivity contribution in [3.63, 3.8) is 0 Å². The van der Waals surface area contributed by atoms with E-state index in [9.17, 15) is 9.90 Å². The second-order valence-electron chi connectivity index (χ2n) is 6.19. The lowest BCUT2D eigenvalue weighted by Crippen LogP contribution is -2.52. The highest BCUT2D eigenvalue weighted by Crippen LogP contribution is 2.24. The van der Waals surface area contributed by atoms with Crippen LogP contribution in [0.2, 0.25) is 0 Å². The molecule has 1 fully saturated rings. The second-order valence-corrected chi connectivity index (χ2v) is 6.19. The van der Waals surface area contributed by atoms with E-state index < -0.39 is 5.60 Å². The number of nitriles is 1. The van der Waals surface area contributed by atoms with Crippen LogP contribution in [0.1, 0.15) is 32.3 Å². The van der Waals surface area contributed by atoms with E-state index in [2.05, 4.69) is 0 Å². The van der Waals surface area contributed by atoms with Gasteiger partial charge in [-0.1, -0.05) is 0 Å². The molecule has 0 aliphatic carbocycles. The first kappa shape index (κ1) is 16.3. The molecule has 0 radical (unpaired) electrons. The van der Waals surface area contributed by atoms with Crippen LogP contribution in [0, 0.1) is 17.2 Å². The Labute approximate surface area is 131 Å². The van der Waals surface area contributed by atoms with Crippen LogP contribution in [0.15, 0.2) is 24.3 Å². The third kappa shape index (κ3) is 3.77. The molecule has 1 atom stereocenters. The van der Waals surface area contributed by atoms with Crippen molar-refractivity contribution in [3.8, 4) is 11.8 Å². The highest BCUT2D eigenvalue weighted by Gasteiger charge is 2.36. The van der Waals surface area contributed by atoms with Crippen molar-refractivity contribution < 1.29 is 14.6 Å². The fourth-order valence-corrected chi connectivity index (χ4v) is 2.72. The summed E-state index contributed by atoms with van der Waals surface area (Å²) < 4.78 is 5.82. The van der Waals surface area contributed by atoms with Crippen molar-refractivity contribution in [1.82, 2.24) is 4.90 Å². The Morgan fingerprint density at radius 2 is 2.14 bits per heavy atom. The quantitative estimate of drug-likeness (QED) is 0.922. The highest BCUT2D eigenvalue weighted by atomic mass is 16.5. The number of hydrogen-bond acceptors (Lipinski definition) is 4. The Morgan fingerprint density at radius 3 is 2.73 bits per heavy atom. The van der Waals surface area contributed by atoms with E-state index in [0.717, 1.165) is 12.8 Å². The number of aliphatic hydroxyl groups is 1. The van der Waals surface area contributed by atoms with E-state index in [4.69, 9.17) is 10.00 Å². The molecule has 0 aromatic heterocycles. The van der Waals surface area contributed by atoms with Crippen LogP contribution in [0.4, 0.5) is 0 Å². The average Bonchev–Trinajstić information content (AvgIpc) is 2.54. The van der Waals surface area contributed by atoms with Gasteiger partial charge in [0.2, 0.25) is 0 Å². The molecule has 1 unspecified atom stereocenters. The standard InChI is InChI=1S/C17H22N2O3/c1-17(2,22-15-7-5-13(10-18)6-8-15)16(21)19-9-3-4-14(11-19)12-20/h5-8,14,20H,3-4,9,11-12H2,1-2H3. The highest BCUT2D eigenvalue weighted by molar-refractivity contribution is 5.85. The van der Waals surface area contributed by atoms with Gasteiger partial charge >= 0.3 is 0 Å². The topological polar surface area (TPSA) is 73.6 Å². The molecule has 1 amide bonds. The van der Waals surface area contributed by atoms with Crippen LogP contribution in [0.25, 0.3) is 0 Å². The van der Waals surface area contributed by atoms with Crippen molar-refractivity contribution in [2.75, 3.05) is 19.7 Å². The van der Waals surface area contributed by atoms with Crippen LogP contribution >= 0.6 is 0 Å². The molecule has 1 aromatic rings. The minimum atomic E-state index is -0.981. The minimum Gasteiger partial charge on any atom is -0.478 e. The van der Waals surface area contributed by atoms with Gasteiger partial charge in [0.25, 0.3) is 5.91 Å². The fourth-order valence-electron chi connectivity index (χ4n) is 2.72. The molecule has 0 bridgehead atoms. The lowest BCUT2D eigenvalue weighted by Gasteiger charge is -2.37. The molecule has 1 aliphatic rings. The van der Waals surface area contributed by atoms with Crippen LogP contribution < -0.4 is 4.74 Å². The first-order chi connectivity index (χ1) is 10.5. The van der Waals surface area contributed by atoms with E-state index in [1.807, 2.05) is 6.07 Å². The molecule has 0 saturated carbocycles. The average molecular weight is 302 g/mol. The molecular formula is C17H22N2O3. The van der Waals surface area contributed by atoms with E-state index in [1.165, 1.54) is 0 Å². The van der Waals surface area contributed by atoms with Gasteiger partial charge in [-0.05, 0) is 56.9 Å². The van der Waals surface area contributed by atoms with Crippen molar-refractivity contribution in [1.29, 1.82) is 5.26 Å². The van der Waals surface area contributed by atoms with Crippen LogP contribution in [0.3, 0.4) is 0 Å². The molecule has 1 heterocycles. The molecule has 2 rings (SSSR count). The summed E-state index contributed by atoms with van der Waals surface area (Å²) in [6.45, 7) is 4.89. The largest absolute Gasteiger partial charge is 0.478 e. The predicted molar refractivity (Wildman–Crippen MR) is 82.3 cm³/mol.